The zero-order valence-electron chi connectivity index (χ0n) is 11.1. The molecular weight excluding hydrogens is 291 g/mol. The Morgan fingerprint density at radius 2 is 2.05 bits per heavy atom. The largest absolute Gasteiger partial charge is 0.411 e. The third-order valence-corrected chi connectivity index (χ3v) is 2.51. The highest BCUT2D eigenvalue weighted by atomic mass is 19.4. The molecule has 0 heterocycles. The average Bonchev–Trinajstić information content (AvgIpc) is 2.44. The molecule has 116 valence electrons. The van der Waals surface area contributed by atoms with Crippen molar-refractivity contribution in [2.75, 3.05) is 25.2 Å². The molecule has 0 spiro atoms. The molecule has 1 aromatic carbocycles. The van der Waals surface area contributed by atoms with Crippen molar-refractivity contribution in [1.29, 1.82) is 0 Å². The van der Waals surface area contributed by atoms with Crippen LogP contribution >= 0.6 is 0 Å². The van der Waals surface area contributed by atoms with E-state index in [9.17, 15) is 18.0 Å². The Morgan fingerprint density at radius 3 is 2.62 bits per heavy atom. The molecule has 0 aromatic heterocycles. The van der Waals surface area contributed by atoms with E-state index in [1.54, 1.807) is 12.1 Å². The molecule has 21 heavy (non-hydrogen) atoms. The van der Waals surface area contributed by atoms with E-state index in [1.165, 1.54) is 19.2 Å². The standard InChI is InChI=1S/C12H14F3N3O3/c1-18(10(19)6-21-7-12(13,14)15)9-5-3-2-4-8(9)11(16)17-20/h2-5,20H,6-7H2,1H3,(H2,16,17). The van der Waals surface area contributed by atoms with E-state index in [0.717, 1.165) is 4.90 Å². The van der Waals surface area contributed by atoms with E-state index < -0.39 is 25.3 Å². The predicted molar refractivity (Wildman–Crippen MR) is 69.2 cm³/mol. The zero-order chi connectivity index (χ0) is 16.0. The lowest BCUT2D eigenvalue weighted by Gasteiger charge is -2.20. The van der Waals surface area contributed by atoms with Crippen LogP contribution in [-0.4, -0.2) is 43.4 Å². The van der Waals surface area contributed by atoms with Crippen molar-refractivity contribution in [3.05, 3.63) is 29.8 Å². The summed E-state index contributed by atoms with van der Waals surface area (Å²) in [6, 6.07) is 6.22. The van der Waals surface area contributed by atoms with Crippen molar-refractivity contribution < 1.29 is 27.9 Å². The molecule has 0 unspecified atom stereocenters. The highest BCUT2D eigenvalue weighted by Crippen LogP contribution is 2.19. The van der Waals surface area contributed by atoms with Crippen LogP contribution in [0.3, 0.4) is 0 Å². The Balaban J connectivity index is 2.79. The van der Waals surface area contributed by atoms with E-state index in [-0.39, 0.29) is 17.1 Å². The topological polar surface area (TPSA) is 88.2 Å². The van der Waals surface area contributed by atoms with Gasteiger partial charge in [0.05, 0.1) is 5.69 Å². The number of nitrogens with zero attached hydrogens (tertiary/aromatic N) is 2. The molecule has 1 amide bonds. The molecule has 9 heteroatoms. The minimum atomic E-state index is -4.50. The van der Waals surface area contributed by atoms with Crippen molar-refractivity contribution in [3.63, 3.8) is 0 Å². The number of alkyl halides is 3. The molecule has 0 saturated carbocycles. The highest BCUT2D eigenvalue weighted by molar-refractivity contribution is 6.06. The molecule has 0 aliphatic carbocycles. The SMILES string of the molecule is CN(C(=O)COCC(F)(F)F)c1ccccc1/C(N)=N/O. The number of halogens is 3. The lowest BCUT2D eigenvalue weighted by atomic mass is 10.1. The number of anilines is 1. The fourth-order valence-electron chi connectivity index (χ4n) is 1.52. The van der Waals surface area contributed by atoms with Crippen molar-refractivity contribution in [3.8, 4) is 0 Å². The second-order valence-electron chi connectivity index (χ2n) is 4.06. The lowest BCUT2D eigenvalue weighted by molar-refractivity contribution is -0.175. The molecule has 0 aliphatic heterocycles. The molecule has 0 aliphatic rings. The summed E-state index contributed by atoms with van der Waals surface area (Å²) in [5, 5.41) is 11.5. The molecular formula is C12H14F3N3O3. The van der Waals surface area contributed by atoms with Gasteiger partial charge in [0.2, 0.25) is 0 Å². The monoisotopic (exact) mass is 305 g/mol. The van der Waals surface area contributed by atoms with E-state index in [1.807, 2.05) is 0 Å². The highest BCUT2D eigenvalue weighted by Gasteiger charge is 2.28. The number of carbonyl (C=O) groups excluding carboxylic acids is 1. The van der Waals surface area contributed by atoms with Crippen molar-refractivity contribution in [2.24, 2.45) is 10.9 Å². The molecule has 0 bridgehead atoms. The molecule has 3 N–H and O–H groups in total. The first kappa shape index (κ1) is 16.8. The predicted octanol–water partition coefficient (Wildman–Crippen LogP) is 1.32. The van der Waals surface area contributed by atoms with Crippen LogP contribution in [-0.2, 0) is 9.53 Å². The Kier molecular flexibility index (Phi) is 5.53. The minimum absolute atomic E-state index is 0.221. The second kappa shape index (κ2) is 6.93. The number of amidine groups is 1. The molecule has 1 rings (SSSR count). The van der Waals surface area contributed by atoms with Gasteiger partial charge in [-0.25, -0.2) is 0 Å². The van der Waals surface area contributed by atoms with Gasteiger partial charge in [-0.15, -0.1) is 0 Å². The van der Waals surface area contributed by atoms with E-state index in [2.05, 4.69) is 9.89 Å². The number of amides is 1. The summed E-state index contributed by atoms with van der Waals surface area (Å²) in [6.07, 6.45) is -4.50. The van der Waals surface area contributed by atoms with Crippen LogP contribution in [0.15, 0.2) is 29.4 Å². The van der Waals surface area contributed by atoms with Gasteiger partial charge in [0.25, 0.3) is 5.91 Å². The number of benzene rings is 1. The minimum Gasteiger partial charge on any atom is -0.409 e. The number of ether oxygens (including phenoxy) is 1. The van der Waals surface area contributed by atoms with Gasteiger partial charge < -0.3 is 20.6 Å². The molecule has 0 fully saturated rings. The number of hydrogen-bond acceptors (Lipinski definition) is 4. The van der Waals surface area contributed by atoms with Gasteiger partial charge in [0.15, 0.2) is 5.84 Å². The van der Waals surface area contributed by atoms with Crippen LogP contribution in [0.25, 0.3) is 0 Å². The van der Waals surface area contributed by atoms with Gasteiger partial charge in [-0.3, -0.25) is 4.79 Å². The van der Waals surface area contributed by atoms with Crippen LogP contribution in [0.2, 0.25) is 0 Å². The summed E-state index contributed by atoms with van der Waals surface area (Å²) in [7, 11) is 1.35. The summed E-state index contributed by atoms with van der Waals surface area (Å²) in [6.45, 7) is -2.24. The number of carbonyl (C=O) groups is 1. The van der Waals surface area contributed by atoms with E-state index in [4.69, 9.17) is 10.9 Å². The Hall–Kier alpha value is -2.29. The van der Waals surface area contributed by atoms with Crippen molar-refractivity contribution >= 4 is 17.4 Å². The Labute approximate surface area is 118 Å². The first-order valence-corrected chi connectivity index (χ1v) is 5.74. The smallest absolute Gasteiger partial charge is 0.409 e. The first-order valence-electron chi connectivity index (χ1n) is 5.74. The van der Waals surface area contributed by atoms with Crippen molar-refractivity contribution in [1.82, 2.24) is 0 Å². The van der Waals surface area contributed by atoms with Crippen LogP contribution < -0.4 is 10.6 Å². The summed E-state index contributed by atoms with van der Waals surface area (Å²) < 4.78 is 40.1. The van der Waals surface area contributed by atoms with Gasteiger partial charge in [0, 0.05) is 12.6 Å². The fourth-order valence-corrected chi connectivity index (χ4v) is 1.52. The first-order chi connectivity index (χ1) is 9.76. The average molecular weight is 305 g/mol. The summed E-state index contributed by atoms with van der Waals surface area (Å²) >= 11 is 0. The third-order valence-electron chi connectivity index (χ3n) is 2.51. The van der Waals surface area contributed by atoms with E-state index >= 15 is 0 Å². The molecule has 0 radical (unpaired) electrons. The van der Waals surface area contributed by atoms with Crippen molar-refractivity contribution in [2.45, 2.75) is 6.18 Å². The summed E-state index contributed by atoms with van der Waals surface area (Å²) in [5.41, 5.74) is 6.03. The number of nitrogens with two attached hydrogens (primary N) is 1. The molecule has 0 atom stereocenters. The third kappa shape index (κ3) is 4.95. The fraction of sp³-hybridized carbons (Fsp3) is 0.333. The van der Waals surface area contributed by atoms with Gasteiger partial charge in [-0.05, 0) is 12.1 Å². The van der Waals surface area contributed by atoms with Crippen LogP contribution in [0.5, 0.6) is 0 Å². The summed E-state index contributed by atoms with van der Waals surface area (Å²) in [5.74, 6) is -0.918. The van der Waals surface area contributed by atoms with Crippen LogP contribution in [0, 0.1) is 0 Å². The Bertz CT molecular complexity index is 532. The van der Waals surface area contributed by atoms with Gasteiger partial charge in [0.1, 0.15) is 13.2 Å². The quantitative estimate of drug-likeness (QED) is 0.372. The zero-order valence-corrected chi connectivity index (χ0v) is 11.1. The van der Waals surface area contributed by atoms with Crippen LogP contribution in [0.4, 0.5) is 18.9 Å². The van der Waals surface area contributed by atoms with Gasteiger partial charge in [-0.1, -0.05) is 17.3 Å². The molecule has 1 aromatic rings. The number of para-hydroxylation sites is 1. The second-order valence-corrected chi connectivity index (χ2v) is 4.06. The maximum absolute atomic E-state index is 11.9. The Morgan fingerprint density at radius 1 is 1.43 bits per heavy atom. The van der Waals surface area contributed by atoms with Gasteiger partial charge in [-0.2, -0.15) is 13.2 Å². The maximum atomic E-state index is 11.9. The number of oxime groups is 1. The molecule has 6 nitrogen and oxygen atoms in total. The molecule has 0 saturated heterocycles. The number of rotatable bonds is 5. The van der Waals surface area contributed by atoms with Gasteiger partial charge >= 0.3 is 6.18 Å². The summed E-state index contributed by atoms with van der Waals surface area (Å²) in [4.78, 5) is 12.9. The van der Waals surface area contributed by atoms with Crippen LogP contribution in [0.1, 0.15) is 5.56 Å². The number of likely N-dealkylation sites (N-methyl/N-ethyl adjacent to an activating group) is 1. The lowest BCUT2D eigenvalue weighted by Crippen LogP contribution is -2.33. The maximum Gasteiger partial charge on any atom is 0.411 e. The van der Waals surface area contributed by atoms with E-state index in [0.29, 0.717) is 0 Å². The number of hydrogen-bond donors (Lipinski definition) is 2. The normalized spacial score (nSPS) is 12.3.